The van der Waals surface area contributed by atoms with E-state index in [9.17, 15) is 14.9 Å². The molecule has 0 aliphatic rings. The van der Waals surface area contributed by atoms with Crippen LogP contribution >= 0.6 is 0 Å². The van der Waals surface area contributed by atoms with Gasteiger partial charge in [-0.15, -0.1) is 0 Å². The Bertz CT molecular complexity index is 819. The minimum absolute atomic E-state index is 0.0383. The second-order valence-corrected chi connectivity index (χ2v) is 5.16. The average Bonchev–Trinajstić information content (AvgIpc) is 2.91. The summed E-state index contributed by atoms with van der Waals surface area (Å²) >= 11 is 0. The predicted molar refractivity (Wildman–Crippen MR) is 91.6 cm³/mol. The van der Waals surface area contributed by atoms with Gasteiger partial charge in [0.05, 0.1) is 31.5 Å². The van der Waals surface area contributed by atoms with E-state index in [1.54, 1.807) is 23.6 Å². The van der Waals surface area contributed by atoms with Gasteiger partial charge in [-0.2, -0.15) is 5.26 Å². The summed E-state index contributed by atoms with van der Waals surface area (Å²) in [4.78, 5) is 23.9. The van der Waals surface area contributed by atoms with Crippen molar-refractivity contribution in [1.29, 1.82) is 5.26 Å². The maximum absolute atomic E-state index is 12.2. The number of aromatic nitrogens is 1. The van der Waals surface area contributed by atoms with Crippen molar-refractivity contribution in [3.8, 4) is 17.3 Å². The maximum Gasteiger partial charge on any atom is 0.356 e. The lowest BCUT2D eigenvalue weighted by Crippen LogP contribution is -2.16. The van der Waals surface area contributed by atoms with Crippen molar-refractivity contribution >= 4 is 17.6 Å². The van der Waals surface area contributed by atoms with Crippen molar-refractivity contribution in [2.24, 2.45) is 0 Å². The van der Waals surface area contributed by atoms with Crippen LogP contribution in [0, 0.1) is 11.3 Å². The van der Waals surface area contributed by atoms with Crippen molar-refractivity contribution in [2.75, 3.05) is 19.5 Å². The predicted octanol–water partition coefficient (Wildman–Crippen LogP) is 2.35. The van der Waals surface area contributed by atoms with Gasteiger partial charge >= 0.3 is 11.9 Å². The zero-order valence-electron chi connectivity index (χ0n) is 14.1. The van der Waals surface area contributed by atoms with Crippen molar-refractivity contribution in [3.05, 3.63) is 41.6 Å². The molecule has 7 heteroatoms. The van der Waals surface area contributed by atoms with E-state index in [1.807, 2.05) is 24.3 Å². The molecule has 0 amide bonds. The van der Waals surface area contributed by atoms with E-state index in [0.29, 0.717) is 11.3 Å². The van der Waals surface area contributed by atoms with Crippen molar-refractivity contribution < 1.29 is 19.1 Å². The van der Waals surface area contributed by atoms with Crippen molar-refractivity contribution in [3.63, 3.8) is 0 Å². The Labute approximate surface area is 145 Å². The molecule has 0 saturated carbocycles. The molecule has 2 N–H and O–H groups in total. The normalized spacial score (nSPS) is 10.1. The summed E-state index contributed by atoms with van der Waals surface area (Å²) < 4.78 is 11.3. The van der Waals surface area contributed by atoms with Crippen LogP contribution in [0.1, 0.15) is 29.4 Å². The summed E-state index contributed by atoms with van der Waals surface area (Å²) in [5.41, 5.74) is 7.50. The fraction of sp³-hybridized carbons (Fsp3) is 0.278. The lowest BCUT2D eigenvalue weighted by atomic mass is 10.1. The fourth-order valence-corrected chi connectivity index (χ4v) is 2.62. The third-order valence-electron chi connectivity index (χ3n) is 3.68. The first-order valence-electron chi connectivity index (χ1n) is 7.76. The fourth-order valence-electron chi connectivity index (χ4n) is 2.62. The minimum atomic E-state index is -0.667. The van der Waals surface area contributed by atoms with Gasteiger partial charge in [0, 0.05) is 6.54 Å². The smallest absolute Gasteiger partial charge is 0.356 e. The molecule has 0 aliphatic heterocycles. The Morgan fingerprint density at radius 1 is 1.28 bits per heavy atom. The number of carbonyl (C=O) groups excluding carboxylic acids is 2. The SMILES string of the molecule is CCOC(=O)CCn1c(C(=O)OC)c(N)c(C#N)c1-c1ccccc1. The van der Waals surface area contributed by atoms with E-state index in [0.717, 1.165) is 0 Å². The number of hydrogen-bond acceptors (Lipinski definition) is 6. The van der Waals surface area contributed by atoms with Gasteiger partial charge in [0.15, 0.2) is 5.69 Å². The lowest BCUT2D eigenvalue weighted by molar-refractivity contribution is -0.143. The van der Waals surface area contributed by atoms with E-state index in [4.69, 9.17) is 15.2 Å². The van der Waals surface area contributed by atoms with Crippen LogP contribution in [-0.4, -0.2) is 30.2 Å². The van der Waals surface area contributed by atoms with E-state index in [-0.39, 0.29) is 36.5 Å². The molecule has 0 radical (unpaired) electrons. The van der Waals surface area contributed by atoms with Crippen molar-refractivity contribution in [2.45, 2.75) is 19.9 Å². The monoisotopic (exact) mass is 341 g/mol. The molecule has 0 aliphatic carbocycles. The third-order valence-corrected chi connectivity index (χ3v) is 3.68. The highest BCUT2D eigenvalue weighted by Gasteiger charge is 2.27. The molecule has 0 spiro atoms. The second-order valence-electron chi connectivity index (χ2n) is 5.16. The van der Waals surface area contributed by atoms with Crippen molar-refractivity contribution in [1.82, 2.24) is 4.57 Å². The van der Waals surface area contributed by atoms with E-state index in [2.05, 4.69) is 0 Å². The molecule has 1 aromatic heterocycles. The number of benzene rings is 1. The number of anilines is 1. The molecule has 25 heavy (non-hydrogen) atoms. The molecule has 0 unspecified atom stereocenters. The molecule has 2 rings (SSSR count). The number of esters is 2. The van der Waals surface area contributed by atoms with E-state index < -0.39 is 11.9 Å². The van der Waals surface area contributed by atoms with Crippen LogP contribution in [0.4, 0.5) is 5.69 Å². The summed E-state index contributed by atoms with van der Waals surface area (Å²) in [6, 6.07) is 11.1. The Hall–Kier alpha value is -3.27. The highest BCUT2D eigenvalue weighted by atomic mass is 16.5. The van der Waals surface area contributed by atoms with Crippen LogP contribution in [0.2, 0.25) is 0 Å². The van der Waals surface area contributed by atoms with Gasteiger partial charge in [-0.1, -0.05) is 30.3 Å². The first-order valence-corrected chi connectivity index (χ1v) is 7.76. The number of ether oxygens (including phenoxy) is 2. The van der Waals surface area contributed by atoms with Gasteiger partial charge in [-0.3, -0.25) is 4.79 Å². The van der Waals surface area contributed by atoms with E-state index in [1.165, 1.54) is 7.11 Å². The van der Waals surface area contributed by atoms with Gasteiger partial charge in [-0.05, 0) is 12.5 Å². The number of nitrogens with two attached hydrogens (primary N) is 1. The highest BCUT2D eigenvalue weighted by molar-refractivity contribution is 5.98. The number of nitrogens with zero attached hydrogens (tertiary/aromatic N) is 2. The first kappa shape index (κ1) is 18.1. The Kier molecular flexibility index (Phi) is 5.79. The number of nitrogen functional groups attached to an aromatic ring is 1. The number of rotatable bonds is 6. The molecule has 7 nitrogen and oxygen atoms in total. The van der Waals surface area contributed by atoms with Gasteiger partial charge in [-0.25, -0.2) is 4.79 Å². The minimum Gasteiger partial charge on any atom is -0.466 e. The summed E-state index contributed by atoms with van der Waals surface area (Å²) in [5, 5.41) is 9.53. The van der Waals surface area contributed by atoms with Crippen LogP contribution < -0.4 is 5.73 Å². The Morgan fingerprint density at radius 2 is 1.96 bits per heavy atom. The number of hydrogen-bond donors (Lipinski definition) is 1. The van der Waals surface area contributed by atoms with Crippen LogP contribution in [0.5, 0.6) is 0 Å². The van der Waals surface area contributed by atoms with Crippen LogP contribution in [0.15, 0.2) is 30.3 Å². The molecule has 2 aromatic rings. The molecular formula is C18H19N3O4. The molecule has 0 saturated heterocycles. The quantitative estimate of drug-likeness (QED) is 0.808. The zero-order chi connectivity index (χ0) is 18.4. The largest absolute Gasteiger partial charge is 0.466 e. The summed E-state index contributed by atoms with van der Waals surface area (Å²) in [6.45, 7) is 2.12. The number of methoxy groups -OCH3 is 1. The van der Waals surface area contributed by atoms with Gasteiger partial charge in [0.25, 0.3) is 0 Å². The molecule has 1 heterocycles. The lowest BCUT2D eigenvalue weighted by Gasteiger charge is -2.12. The second kappa shape index (κ2) is 8.02. The zero-order valence-corrected chi connectivity index (χ0v) is 14.1. The molecule has 0 bridgehead atoms. The average molecular weight is 341 g/mol. The van der Waals surface area contributed by atoms with Crippen LogP contribution in [0.3, 0.4) is 0 Å². The first-order chi connectivity index (χ1) is 12.0. The number of nitriles is 1. The third kappa shape index (κ3) is 3.63. The summed E-state index contributed by atoms with van der Waals surface area (Å²) in [7, 11) is 1.23. The molecule has 0 atom stereocenters. The Morgan fingerprint density at radius 3 is 2.52 bits per heavy atom. The van der Waals surface area contributed by atoms with Crippen LogP contribution in [0.25, 0.3) is 11.3 Å². The Balaban J connectivity index is 2.61. The van der Waals surface area contributed by atoms with Gasteiger partial charge in [0.2, 0.25) is 0 Å². The van der Waals surface area contributed by atoms with Crippen LogP contribution in [-0.2, 0) is 20.8 Å². The molecule has 130 valence electrons. The van der Waals surface area contributed by atoms with E-state index >= 15 is 0 Å². The summed E-state index contributed by atoms with van der Waals surface area (Å²) in [5.74, 6) is -1.07. The standard InChI is InChI=1S/C18H19N3O4/c1-3-25-14(22)9-10-21-16(12-7-5-4-6-8-12)13(11-19)15(20)17(21)18(23)24-2/h4-8H,3,9-10,20H2,1-2H3. The molecule has 1 aromatic carbocycles. The molecular weight excluding hydrogens is 322 g/mol. The number of carbonyl (C=O) groups is 2. The van der Waals surface area contributed by atoms with Gasteiger partial charge in [0.1, 0.15) is 11.6 Å². The molecule has 0 fully saturated rings. The topological polar surface area (TPSA) is 107 Å². The van der Waals surface area contributed by atoms with Gasteiger partial charge < -0.3 is 19.8 Å². The summed E-state index contributed by atoms with van der Waals surface area (Å²) in [6.07, 6.45) is 0.0383. The maximum atomic E-state index is 12.2. The highest BCUT2D eigenvalue weighted by Crippen LogP contribution is 2.34.